The molecule has 0 bridgehead atoms. The Balaban J connectivity index is 0.000000605. The molecule has 2 nitrogen and oxygen atoms in total. The first kappa shape index (κ1) is 9.03. The van der Waals surface area contributed by atoms with E-state index in [2.05, 4.69) is 41.8 Å². The van der Waals surface area contributed by atoms with Crippen LogP contribution in [0.2, 0.25) is 0 Å². The molecule has 1 aromatic heterocycles. The Labute approximate surface area is 84.2 Å². The lowest BCUT2D eigenvalue weighted by Gasteiger charge is -2.00. The molecule has 1 saturated carbocycles. The second-order valence-electron chi connectivity index (χ2n) is 3.48. The van der Waals surface area contributed by atoms with Crippen LogP contribution in [-0.4, -0.2) is 4.57 Å². The zero-order valence-electron chi connectivity index (χ0n) is 6.92. The third-order valence-electron chi connectivity index (χ3n) is 2.37. The average Bonchev–Trinajstić information content (AvgIpc) is 2.45. The van der Waals surface area contributed by atoms with Gasteiger partial charge < -0.3 is 24.0 Å². The lowest BCUT2D eigenvalue weighted by molar-refractivity contribution is -0.671. The molecule has 0 atom stereocenters. The quantitative estimate of drug-likeness (QED) is 0.403. The van der Waals surface area contributed by atoms with E-state index in [1.807, 2.05) is 0 Å². The lowest BCUT2D eigenvalue weighted by Crippen LogP contribution is -3.00. The molecule has 0 spiro atoms. The molecule has 0 N–H and O–H groups in total. The molecule has 1 aliphatic rings. The molecule has 1 heterocycles. The number of hydrogen-bond donors (Lipinski definition) is 0. The number of aryl methyl sites for hydroxylation is 1. The molecule has 3 heteroatoms. The summed E-state index contributed by atoms with van der Waals surface area (Å²) in [4.78, 5) is 0. The molecular weight excluding hydrogens is 251 g/mol. The maximum Gasteiger partial charge on any atom is 0.243 e. The van der Waals surface area contributed by atoms with E-state index in [1.165, 1.54) is 12.8 Å². The lowest BCUT2D eigenvalue weighted by atomic mass is 10.3. The van der Waals surface area contributed by atoms with E-state index in [0.29, 0.717) is 5.54 Å². The summed E-state index contributed by atoms with van der Waals surface area (Å²) in [6.07, 6.45) is 9.05. The number of rotatable bonds is 1. The van der Waals surface area contributed by atoms with Crippen molar-refractivity contribution >= 4 is 0 Å². The van der Waals surface area contributed by atoms with Gasteiger partial charge in [-0.3, -0.25) is 0 Å². The summed E-state index contributed by atoms with van der Waals surface area (Å²) < 4.78 is 4.39. The second-order valence-corrected chi connectivity index (χ2v) is 3.48. The number of halogens is 1. The van der Waals surface area contributed by atoms with E-state index in [0.717, 1.165) is 0 Å². The van der Waals surface area contributed by atoms with Crippen LogP contribution < -0.4 is 28.5 Å². The summed E-state index contributed by atoms with van der Waals surface area (Å²) in [5.74, 6) is 0. The van der Waals surface area contributed by atoms with Gasteiger partial charge in [-0.1, -0.05) is 0 Å². The van der Waals surface area contributed by atoms with Gasteiger partial charge in [0, 0.05) is 0 Å². The highest BCUT2D eigenvalue weighted by Gasteiger charge is 2.43. The van der Waals surface area contributed by atoms with E-state index < -0.39 is 0 Å². The van der Waals surface area contributed by atoms with Crippen LogP contribution in [-0.2, 0) is 12.6 Å². The third-order valence-corrected chi connectivity index (χ3v) is 2.37. The summed E-state index contributed by atoms with van der Waals surface area (Å²) in [5, 5.41) is 0. The molecule has 0 aromatic carbocycles. The van der Waals surface area contributed by atoms with Gasteiger partial charge in [0.15, 0.2) is 0 Å². The van der Waals surface area contributed by atoms with Crippen LogP contribution in [0.3, 0.4) is 0 Å². The normalized spacial score (nSPS) is 19.1. The first-order valence-corrected chi connectivity index (χ1v) is 3.74. The first-order valence-electron chi connectivity index (χ1n) is 3.74. The molecule has 0 saturated heterocycles. The van der Waals surface area contributed by atoms with Crippen LogP contribution in [0, 0.1) is 0 Å². The van der Waals surface area contributed by atoms with Crippen LogP contribution in [0.5, 0.6) is 0 Å². The van der Waals surface area contributed by atoms with Crippen molar-refractivity contribution in [2.24, 2.45) is 7.05 Å². The average molecular weight is 264 g/mol. The van der Waals surface area contributed by atoms with E-state index in [-0.39, 0.29) is 24.0 Å². The summed E-state index contributed by atoms with van der Waals surface area (Å²) in [5.41, 5.74) is 0.460. The Morgan fingerprint density at radius 3 is 2.45 bits per heavy atom. The zero-order chi connectivity index (χ0) is 7.19. The van der Waals surface area contributed by atoms with Gasteiger partial charge in [-0.05, 0) is 19.8 Å². The largest absolute Gasteiger partial charge is 1.00 e. The Hall–Kier alpha value is -0.0600. The SMILES string of the molecule is C[n+]1ccn(C2(C)CC2)c1.[I-]. The summed E-state index contributed by atoms with van der Waals surface area (Å²) in [6, 6.07) is 0. The standard InChI is InChI=1S/C8H13N2.HI/c1-8(3-4-8)10-6-5-9(2)7-10;/h5-7H,3-4H2,1-2H3;1H/q+1;/p-1. The highest BCUT2D eigenvalue weighted by Crippen LogP contribution is 2.42. The fourth-order valence-electron chi connectivity index (χ4n) is 1.21. The van der Waals surface area contributed by atoms with Crippen LogP contribution in [0.15, 0.2) is 18.7 Å². The molecule has 1 fully saturated rings. The van der Waals surface area contributed by atoms with Crippen molar-refractivity contribution in [2.75, 3.05) is 0 Å². The predicted octanol–water partition coefficient (Wildman–Crippen LogP) is -2.17. The third kappa shape index (κ3) is 1.58. The van der Waals surface area contributed by atoms with Gasteiger partial charge >= 0.3 is 0 Å². The van der Waals surface area contributed by atoms with Gasteiger partial charge in [0.05, 0.1) is 7.05 Å². The van der Waals surface area contributed by atoms with Gasteiger partial charge in [0.1, 0.15) is 17.9 Å². The minimum absolute atomic E-state index is 0. The molecule has 0 radical (unpaired) electrons. The molecule has 0 unspecified atom stereocenters. The van der Waals surface area contributed by atoms with Crippen LogP contribution in [0.4, 0.5) is 0 Å². The molecule has 2 rings (SSSR count). The number of nitrogens with zero attached hydrogens (tertiary/aromatic N) is 2. The van der Waals surface area contributed by atoms with Gasteiger partial charge in [0.2, 0.25) is 6.33 Å². The van der Waals surface area contributed by atoms with Crippen molar-refractivity contribution in [2.45, 2.75) is 25.3 Å². The molecule has 62 valence electrons. The minimum atomic E-state index is 0. The van der Waals surface area contributed by atoms with E-state index >= 15 is 0 Å². The van der Waals surface area contributed by atoms with Crippen molar-refractivity contribution in [3.8, 4) is 0 Å². The maximum atomic E-state index is 2.30. The van der Waals surface area contributed by atoms with Gasteiger partial charge in [0.25, 0.3) is 0 Å². The van der Waals surface area contributed by atoms with Crippen LogP contribution in [0.25, 0.3) is 0 Å². The van der Waals surface area contributed by atoms with Crippen molar-refractivity contribution in [1.29, 1.82) is 0 Å². The monoisotopic (exact) mass is 264 g/mol. The number of aromatic nitrogens is 2. The topological polar surface area (TPSA) is 8.81 Å². The van der Waals surface area contributed by atoms with Crippen LogP contribution >= 0.6 is 0 Å². The minimum Gasteiger partial charge on any atom is -1.00 e. The molecule has 1 aliphatic carbocycles. The highest BCUT2D eigenvalue weighted by atomic mass is 127. The second kappa shape index (κ2) is 2.77. The Morgan fingerprint density at radius 1 is 1.45 bits per heavy atom. The van der Waals surface area contributed by atoms with Crippen molar-refractivity contribution in [3.63, 3.8) is 0 Å². The molecule has 11 heavy (non-hydrogen) atoms. The Bertz CT molecular complexity index is 250. The number of hydrogen-bond acceptors (Lipinski definition) is 0. The molecule has 1 aromatic rings. The smallest absolute Gasteiger partial charge is 0.243 e. The van der Waals surface area contributed by atoms with E-state index in [4.69, 9.17) is 0 Å². The fraction of sp³-hybridized carbons (Fsp3) is 0.625. The van der Waals surface area contributed by atoms with Crippen molar-refractivity contribution in [3.05, 3.63) is 18.7 Å². The van der Waals surface area contributed by atoms with E-state index in [1.54, 1.807) is 0 Å². The summed E-state index contributed by atoms with van der Waals surface area (Å²) >= 11 is 0. The molecule has 0 aliphatic heterocycles. The summed E-state index contributed by atoms with van der Waals surface area (Å²) in [7, 11) is 2.06. The Morgan fingerprint density at radius 2 is 2.09 bits per heavy atom. The molecular formula is C8H13IN2. The highest BCUT2D eigenvalue weighted by molar-refractivity contribution is 4.96. The van der Waals surface area contributed by atoms with Crippen LogP contribution in [0.1, 0.15) is 19.8 Å². The number of imidazole rings is 1. The fourth-order valence-corrected chi connectivity index (χ4v) is 1.21. The zero-order valence-corrected chi connectivity index (χ0v) is 9.08. The van der Waals surface area contributed by atoms with Crippen molar-refractivity contribution in [1.82, 2.24) is 4.57 Å². The van der Waals surface area contributed by atoms with E-state index in [9.17, 15) is 0 Å². The van der Waals surface area contributed by atoms with Gasteiger partial charge in [-0.2, -0.15) is 0 Å². The van der Waals surface area contributed by atoms with Gasteiger partial charge in [-0.25, -0.2) is 9.13 Å². The maximum absolute atomic E-state index is 2.30. The predicted molar refractivity (Wildman–Crippen MR) is 38.5 cm³/mol. The summed E-state index contributed by atoms with van der Waals surface area (Å²) in [6.45, 7) is 2.30. The first-order chi connectivity index (χ1) is 4.71. The molecule has 0 amide bonds. The van der Waals surface area contributed by atoms with Gasteiger partial charge in [-0.15, -0.1) is 0 Å². The van der Waals surface area contributed by atoms with Crippen molar-refractivity contribution < 1.29 is 28.5 Å². The Kier molecular flexibility index (Phi) is 2.27.